The average Bonchev–Trinajstić information content (AvgIpc) is 2.69. The number of nitrogens with zero attached hydrogens (tertiary/aromatic N) is 3. The fraction of sp³-hybridized carbons (Fsp3) is 0.571. The Hall–Kier alpha value is -1.62. The molecule has 0 N–H and O–H groups in total. The summed E-state index contributed by atoms with van der Waals surface area (Å²) < 4.78 is 7.21. The van der Waals surface area contributed by atoms with Crippen LogP contribution in [-0.4, -0.2) is 41.4 Å². The number of carbonyl (C=O) groups excluding carboxylic acids is 1. The molecule has 5 nitrogen and oxygen atoms in total. The van der Waals surface area contributed by atoms with Gasteiger partial charge < -0.3 is 14.2 Å². The Bertz CT molecular complexity index is 473. The van der Waals surface area contributed by atoms with E-state index in [0.717, 1.165) is 18.7 Å². The monoisotopic (exact) mass is 263 g/mol. The van der Waals surface area contributed by atoms with E-state index in [9.17, 15) is 4.79 Å². The van der Waals surface area contributed by atoms with E-state index in [-0.39, 0.29) is 5.78 Å². The summed E-state index contributed by atoms with van der Waals surface area (Å²) in [4.78, 5) is 18.4. The first-order valence-electron chi connectivity index (χ1n) is 6.57. The van der Waals surface area contributed by atoms with Crippen LogP contribution in [0.1, 0.15) is 41.6 Å². The summed E-state index contributed by atoms with van der Waals surface area (Å²) in [6.45, 7) is 0.446. The minimum atomic E-state index is -0.00421. The number of allylic oxidation sites excluding steroid dienone is 1. The van der Waals surface area contributed by atoms with Gasteiger partial charge in [0.25, 0.3) is 0 Å². The average molecular weight is 263 g/mol. The van der Waals surface area contributed by atoms with E-state index >= 15 is 0 Å². The van der Waals surface area contributed by atoms with E-state index in [1.807, 2.05) is 19.0 Å². The third kappa shape index (κ3) is 3.04. The van der Waals surface area contributed by atoms with Crippen LogP contribution in [-0.2, 0) is 11.3 Å². The molecule has 1 heterocycles. The number of ether oxygens (including phenoxy) is 1. The van der Waals surface area contributed by atoms with Crippen LogP contribution in [0.5, 0.6) is 0 Å². The molecule has 5 heteroatoms. The molecule has 0 aromatic carbocycles. The van der Waals surface area contributed by atoms with Crippen molar-refractivity contribution >= 4 is 5.78 Å². The van der Waals surface area contributed by atoms with Crippen LogP contribution >= 0.6 is 0 Å². The van der Waals surface area contributed by atoms with Crippen molar-refractivity contribution in [3.63, 3.8) is 0 Å². The molecule has 1 saturated carbocycles. The smallest absolute Gasteiger partial charge is 0.205 e. The van der Waals surface area contributed by atoms with Gasteiger partial charge in [-0.25, -0.2) is 4.98 Å². The van der Waals surface area contributed by atoms with Crippen molar-refractivity contribution < 1.29 is 9.53 Å². The Morgan fingerprint density at radius 1 is 1.58 bits per heavy atom. The SMILES string of the molecule is COCc1ncc(C(=O)/C=C/N(C)C)n1C1CCC1. The predicted octanol–water partition coefficient (Wildman–Crippen LogP) is 2.01. The third-order valence-electron chi connectivity index (χ3n) is 3.36. The zero-order chi connectivity index (χ0) is 13.8. The van der Waals surface area contributed by atoms with Gasteiger partial charge in [0.15, 0.2) is 0 Å². The van der Waals surface area contributed by atoms with Crippen LogP contribution in [0.3, 0.4) is 0 Å². The molecule has 0 bridgehead atoms. The zero-order valence-electron chi connectivity index (χ0n) is 11.8. The number of aromatic nitrogens is 2. The van der Waals surface area contributed by atoms with Gasteiger partial charge in [-0.05, 0) is 19.3 Å². The molecule has 1 aromatic heterocycles. The summed E-state index contributed by atoms with van der Waals surface area (Å²) in [5.74, 6) is 0.837. The van der Waals surface area contributed by atoms with Crippen molar-refractivity contribution in [2.24, 2.45) is 0 Å². The van der Waals surface area contributed by atoms with Crippen LogP contribution in [0.15, 0.2) is 18.5 Å². The molecule has 1 aliphatic carbocycles. The molecule has 1 aromatic rings. The number of hydrogen-bond donors (Lipinski definition) is 0. The second kappa shape index (κ2) is 6.02. The summed E-state index contributed by atoms with van der Waals surface area (Å²) in [5.41, 5.74) is 0.662. The molecule has 0 saturated heterocycles. The number of hydrogen-bond acceptors (Lipinski definition) is 4. The molecular formula is C14H21N3O2. The van der Waals surface area contributed by atoms with Gasteiger partial charge in [-0.15, -0.1) is 0 Å². The maximum Gasteiger partial charge on any atom is 0.205 e. The van der Waals surface area contributed by atoms with Gasteiger partial charge in [-0.1, -0.05) is 0 Å². The largest absolute Gasteiger partial charge is 0.383 e. The summed E-state index contributed by atoms with van der Waals surface area (Å²) >= 11 is 0. The molecule has 0 atom stereocenters. The molecule has 0 spiro atoms. The van der Waals surface area contributed by atoms with Gasteiger partial charge in [0.05, 0.1) is 6.20 Å². The lowest BCUT2D eigenvalue weighted by molar-refractivity contribution is 0.102. The van der Waals surface area contributed by atoms with Crippen molar-refractivity contribution in [2.45, 2.75) is 31.9 Å². The number of carbonyl (C=O) groups is 1. The molecule has 1 fully saturated rings. The first-order chi connectivity index (χ1) is 9.13. The minimum Gasteiger partial charge on any atom is -0.383 e. The number of imidazole rings is 1. The second-order valence-electron chi connectivity index (χ2n) is 5.09. The van der Waals surface area contributed by atoms with Gasteiger partial charge >= 0.3 is 0 Å². The molecule has 104 valence electrons. The van der Waals surface area contributed by atoms with E-state index in [1.165, 1.54) is 6.42 Å². The first-order valence-corrected chi connectivity index (χ1v) is 6.57. The van der Waals surface area contributed by atoms with E-state index < -0.39 is 0 Å². The van der Waals surface area contributed by atoms with Crippen molar-refractivity contribution in [3.8, 4) is 0 Å². The second-order valence-corrected chi connectivity index (χ2v) is 5.09. The van der Waals surface area contributed by atoms with E-state index in [1.54, 1.807) is 25.6 Å². The van der Waals surface area contributed by atoms with E-state index in [4.69, 9.17) is 4.74 Å². The highest BCUT2D eigenvalue weighted by atomic mass is 16.5. The molecule has 2 rings (SSSR count). The Balaban J connectivity index is 2.26. The highest BCUT2D eigenvalue weighted by molar-refractivity contribution is 6.03. The Morgan fingerprint density at radius 2 is 2.32 bits per heavy atom. The van der Waals surface area contributed by atoms with Crippen LogP contribution in [0.25, 0.3) is 0 Å². The predicted molar refractivity (Wildman–Crippen MR) is 73.0 cm³/mol. The lowest BCUT2D eigenvalue weighted by atomic mass is 9.92. The Morgan fingerprint density at radius 3 is 2.84 bits per heavy atom. The maximum atomic E-state index is 12.2. The van der Waals surface area contributed by atoms with Crippen molar-refractivity contribution in [3.05, 3.63) is 30.0 Å². The highest BCUT2D eigenvalue weighted by Crippen LogP contribution is 2.34. The fourth-order valence-corrected chi connectivity index (χ4v) is 2.17. The molecule has 19 heavy (non-hydrogen) atoms. The molecule has 0 aliphatic heterocycles. The number of rotatable bonds is 6. The standard InChI is InChI=1S/C14H21N3O2/c1-16(2)8-7-13(18)12-9-15-14(10-19-3)17(12)11-5-4-6-11/h7-9,11H,4-6,10H2,1-3H3/b8-7+. The number of methoxy groups -OCH3 is 1. The molecule has 0 radical (unpaired) electrons. The van der Waals surface area contributed by atoms with Gasteiger partial charge in [0, 0.05) is 39.5 Å². The third-order valence-corrected chi connectivity index (χ3v) is 3.36. The van der Waals surface area contributed by atoms with Crippen LogP contribution < -0.4 is 0 Å². The van der Waals surface area contributed by atoms with Crippen LogP contribution in [0.2, 0.25) is 0 Å². The summed E-state index contributed by atoms with van der Waals surface area (Å²) in [6, 6.07) is 0.402. The van der Waals surface area contributed by atoms with Gasteiger partial charge in [0.1, 0.15) is 18.1 Å². The Kier molecular flexibility index (Phi) is 4.37. The Labute approximate surface area is 113 Å². The normalized spacial score (nSPS) is 15.7. The van der Waals surface area contributed by atoms with E-state index in [2.05, 4.69) is 9.55 Å². The van der Waals surface area contributed by atoms with Crippen molar-refractivity contribution in [1.29, 1.82) is 0 Å². The van der Waals surface area contributed by atoms with Crippen molar-refractivity contribution in [2.75, 3.05) is 21.2 Å². The number of ketones is 1. The maximum absolute atomic E-state index is 12.2. The summed E-state index contributed by atoms with van der Waals surface area (Å²) in [5, 5.41) is 0. The molecule has 0 unspecified atom stereocenters. The summed E-state index contributed by atoms with van der Waals surface area (Å²) in [7, 11) is 5.43. The van der Waals surface area contributed by atoms with Crippen LogP contribution in [0.4, 0.5) is 0 Å². The molecular weight excluding hydrogens is 242 g/mol. The van der Waals surface area contributed by atoms with Gasteiger partial charge in [0.2, 0.25) is 5.78 Å². The van der Waals surface area contributed by atoms with Crippen LogP contribution in [0, 0.1) is 0 Å². The minimum absolute atomic E-state index is 0.00421. The molecule has 1 aliphatic rings. The van der Waals surface area contributed by atoms with Gasteiger partial charge in [-0.2, -0.15) is 0 Å². The zero-order valence-corrected chi connectivity index (χ0v) is 11.8. The quantitative estimate of drug-likeness (QED) is 0.582. The lowest BCUT2D eigenvalue weighted by Crippen LogP contribution is -2.23. The molecule has 0 amide bonds. The first kappa shape index (κ1) is 13.8. The van der Waals surface area contributed by atoms with E-state index in [0.29, 0.717) is 18.3 Å². The highest BCUT2D eigenvalue weighted by Gasteiger charge is 2.26. The summed E-state index contributed by atoms with van der Waals surface area (Å²) in [6.07, 6.45) is 8.46. The fourth-order valence-electron chi connectivity index (χ4n) is 2.17. The van der Waals surface area contributed by atoms with Gasteiger partial charge in [-0.3, -0.25) is 4.79 Å². The van der Waals surface area contributed by atoms with Crippen molar-refractivity contribution in [1.82, 2.24) is 14.5 Å². The topological polar surface area (TPSA) is 47.4 Å². The lowest BCUT2D eigenvalue weighted by Gasteiger charge is -2.29.